The van der Waals surface area contributed by atoms with Crippen molar-refractivity contribution in [2.45, 2.75) is 10.9 Å². The molecular formula is C16H16N4O2S. The number of benzene rings is 1. The lowest BCUT2D eigenvalue weighted by molar-refractivity contribution is 0.395. The number of nitrogens with one attached hydrogen (secondary N) is 1. The first kappa shape index (κ1) is 15.4. The number of pyridine rings is 1. The van der Waals surface area contributed by atoms with Gasteiger partial charge in [0.05, 0.1) is 25.5 Å². The zero-order valence-electron chi connectivity index (χ0n) is 12.8. The van der Waals surface area contributed by atoms with E-state index in [1.54, 1.807) is 32.2 Å². The summed E-state index contributed by atoms with van der Waals surface area (Å²) in [6.07, 6.45) is 1.78. The number of methoxy groups -OCH3 is 2. The van der Waals surface area contributed by atoms with Gasteiger partial charge in [0, 0.05) is 18.0 Å². The van der Waals surface area contributed by atoms with Crippen molar-refractivity contribution in [2.75, 3.05) is 14.2 Å². The number of nitrogens with zero attached hydrogens (tertiary/aromatic N) is 3. The van der Waals surface area contributed by atoms with Crippen LogP contribution < -0.4 is 9.47 Å². The van der Waals surface area contributed by atoms with Crippen LogP contribution in [0.3, 0.4) is 0 Å². The number of rotatable bonds is 6. The fourth-order valence-electron chi connectivity index (χ4n) is 2.04. The van der Waals surface area contributed by atoms with Crippen LogP contribution in [-0.4, -0.2) is 34.4 Å². The minimum atomic E-state index is 0.591. The third-order valence-electron chi connectivity index (χ3n) is 3.20. The summed E-state index contributed by atoms with van der Waals surface area (Å²) in [4.78, 5) is 8.80. The summed E-state index contributed by atoms with van der Waals surface area (Å²) in [5.41, 5.74) is 1.81. The molecule has 23 heavy (non-hydrogen) atoms. The Balaban J connectivity index is 1.76. The van der Waals surface area contributed by atoms with Crippen molar-refractivity contribution >= 4 is 11.8 Å². The van der Waals surface area contributed by atoms with Gasteiger partial charge in [-0.2, -0.15) is 5.10 Å². The van der Waals surface area contributed by atoms with E-state index in [4.69, 9.17) is 9.47 Å². The van der Waals surface area contributed by atoms with E-state index >= 15 is 0 Å². The van der Waals surface area contributed by atoms with Gasteiger partial charge in [0.25, 0.3) is 0 Å². The number of ether oxygens (including phenoxy) is 2. The van der Waals surface area contributed by atoms with Crippen molar-refractivity contribution in [3.63, 3.8) is 0 Å². The Labute approximate surface area is 138 Å². The molecule has 0 aliphatic rings. The molecule has 0 unspecified atom stereocenters. The standard InChI is InChI=1S/C16H16N4O2S/c1-21-12-6-7-13(14(9-12)22-2)15-18-16(20-19-15)23-10-11-5-3-4-8-17-11/h3-9H,10H2,1-2H3,(H,18,19,20). The predicted molar refractivity (Wildman–Crippen MR) is 88.7 cm³/mol. The average Bonchev–Trinajstić information content (AvgIpc) is 3.09. The van der Waals surface area contributed by atoms with E-state index in [1.807, 2.05) is 36.4 Å². The van der Waals surface area contributed by atoms with Crippen molar-refractivity contribution in [3.05, 3.63) is 48.3 Å². The van der Waals surface area contributed by atoms with Gasteiger partial charge >= 0.3 is 0 Å². The van der Waals surface area contributed by atoms with E-state index in [1.165, 1.54) is 0 Å². The van der Waals surface area contributed by atoms with Gasteiger partial charge in [-0.05, 0) is 24.3 Å². The molecule has 0 spiro atoms. The van der Waals surface area contributed by atoms with Gasteiger partial charge in [0.1, 0.15) is 11.5 Å². The minimum absolute atomic E-state index is 0.591. The molecule has 0 radical (unpaired) electrons. The summed E-state index contributed by atoms with van der Waals surface area (Å²) in [5.74, 6) is 2.72. The topological polar surface area (TPSA) is 72.9 Å². The molecule has 2 aromatic heterocycles. The third-order valence-corrected chi connectivity index (χ3v) is 4.09. The van der Waals surface area contributed by atoms with Crippen LogP contribution in [0.5, 0.6) is 11.5 Å². The lowest BCUT2D eigenvalue weighted by Gasteiger charge is -2.07. The second-order valence-electron chi connectivity index (χ2n) is 4.64. The van der Waals surface area contributed by atoms with Gasteiger partial charge in [0.2, 0.25) is 0 Å². The second kappa shape index (κ2) is 7.15. The van der Waals surface area contributed by atoms with Crippen LogP contribution >= 0.6 is 11.8 Å². The Kier molecular flexibility index (Phi) is 4.77. The van der Waals surface area contributed by atoms with Crippen molar-refractivity contribution in [1.29, 1.82) is 0 Å². The maximum absolute atomic E-state index is 5.39. The summed E-state index contributed by atoms with van der Waals surface area (Å²) >= 11 is 1.55. The Morgan fingerprint density at radius 3 is 2.78 bits per heavy atom. The largest absolute Gasteiger partial charge is 0.497 e. The van der Waals surface area contributed by atoms with Gasteiger partial charge < -0.3 is 9.47 Å². The molecule has 7 heteroatoms. The number of H-pyrrole nitrogens is 1. The lowest BCUT2D eigenvalue weighted by atomic mass is 10.2. The summed E-state index contributed by atoms with van der Waals surface area (Å²) in [7, 11) is 3.23. The van der Waals surface area contributed by atoms with E-state index in [0.717, 1.165) is 27.9 Å². The minimum Gasteiger partial charge on any atom is -0.497 e. The van der Waals surface area contributed by atoms with Crippen LogP contribution in [0.2, 0.25) is 0 Å². The van der Waals surface area contributed by atoms with E-state index in [-0.39, 0.29) is 0 Å². The van der Waals surface area contributed by atoms with Crippen LogP contribution in [0.25, 0.3) is 11.4 Å². The van der Waals surface area contributed by atoms with Crippen LogP contribution in [0.4, 0.5) is 0 Å². The highest BCUT2D eigenvalue weighted by Crippen LogP contribution is 2.32. The number of aromatic amines is 1. The van der Waals surface area contributed by atoms with E-state index in [2.05, 4.69) is 20.2 Å². The molecule has 0 bridgehead atoms. The van der Waals surface area contributed by atoms with Crippen molar-refractivity contribution < 1.29 is 9.47 Å². The van der Waals surface area contributed by atoms with Crippen molar-refractivity contribution in [2.24, 2.45) is 0 Å². The van der Waals surface area contributed by atoms with Crippen molar-refractivity contribution in [3.8, 4) is 22.9 Å². The molecule has 3 rings (SSSR count). The summed E-state index contributed by atoms with van der Waals surface area (Å²) in [5, 5.41) is 7.95. The van der Waals surface area contributed by atoms with Gasteiger partial charge in [-0.25, -0.2) is 4.98 Å². The molecular weight excluding hydrogens is 312 g/mol. The number of thioether (sulfide) groups is 1. The summed E-state index contributed by atoms with van der Waals surface area (Å²) in [6.45, 7) is 0. The smallest absolute Gasteiger partial charge is 0.185 e. The second-order valence-corrected chi connectivity index (χ2v) is 5.60. The van der Waals surface area contributed by atoms with Crippen LogP contribution in [0, 0.1) is 0 Å². The molecule has 2 heterocycles. The zero-order valence-corrected chi connectivity index (χ0v) is 13.6. The Hall–Kier alpha value is -2.54. The SMILES string of the molecule is COc1ccc(-c2n[nH]c(SCc3ccccn3)n2)c(OC)c1. The molecule has 3 aromatic rings. The monoisotopic (exact) mass is 328 g/mol. The Morgan fingerprint density at radius 1 is 1.13 bits per heavy atom. The maximum Gasteiger partial charge on any atom is 0.185 e. The highest BCUT2D eigenvalue weighted by Gasteiger charge is 2.13. The van der Waals surface area contributed by atoms with Gasteiger partial charge in [-0.1, -0.05) is 17.8 Å². The van der Waals surface area contributed by atoms with E-state index < -0.39 is 0 Å². The van der Waals surface area contributed by atoms with Crippen LogP contribution in [0.15, 0.2) is 47.8 Å². The first-order chi connectivity index (χ1) is 11.3. The quantitative estimate of drug-likeness (QED) is 0.701. The molecule has 0 saturated carbocycles. The molecule has 0 aliphatic heterocycles. The summed E-state index contributed by atoms with van der Waals surface area (Å²) in [6, 6.07) is 11.4. The van der Waals surface area contributed by atoms with E-state index in [9.17, 15) is 0 Å². The predicted octanol–water partition coefficient (Wildman–Crippen LogP) is 3.18. The van der Waals surface area contributed by atoms with Gasteiger partial charge in [-0.15, -0.1) is 0 Å². The fourth-order valence-corrected chi connectivity index (χ4v) is 2.76. The number of aromatic nitrogens is 4. The molecule has 0 atom stereocenters. The van der Waals surface area contributed by atoms with Gasteiger partial charge in [-0.3, -0.25) is 10.1 Å². The molecule has 0 amide bonds. The Bertz CT molecular complexity index is 777. The third kappa shape index (κ3) is 3.62. The molecule has 6 nitrogen and oxygen atoms in total. The number of hydrogen-bond donors (Lipinski definition) is 1. The molecule has 0 fully saturated rings. The molecule has 0 saturated heterocycles. The van der Waals surface area contributed by atoms with Crippen LogP contribution in [0.1, 0.15) is 5.69 Å². The Morgan fingerprint density at radius 2 is 2.04 bits per heavy atom. The van der Waals surface area contributed by atoms with E-state index in [0.29, 0.717) is 11.6 Å². The normalized spacial score (nSPS) is 10.5. The highest BCUT2D eigenvalue weighted by atomic mass is 32.2. The highest BCUT2D eigenvalue weighted by molar-refractivity contribution is 7.98. The molecule has 1 N–H and O–H groups in total. The maximum atomic E-state index is 5.39. The number of hydrogen-bond acceptors (Lipinski definition) is 6. The average molecular weight is 328 g/mol. The van der Waals surface area contributed by atoms with Crippen molar-refractivity contribution in [1.82, 2.24) is 20.2 Å². The van der Waals surface area contributed by atoms with Gasteiger partial charge in [0.15, 0.2) is 11.0 Å². The first-order valence-corrected chi connectivity index (χ1v) is 7.96. The first-order valence-electron chi connectivity index (χ1n) is 6.97. The van der Waals surface area contributed by atoms with Crippen LogP contribution in [-0.2, 0) is 5.75 Å². The molecule has 1 aromatic carbocycles. The zero-order chi connectivity index (χ0) is 16.1. The fraction of sp³-hybridized carbons (Fsp3) is 0.188. The molecule has 0 aliphatic carbocycles. The summed E-state index contributed by atoms with van der Waals surface area (Å²) < 4.78 is 10.6. The molecule has 118 valence electrons. The lowest BCUT2D eigenvalue weighted by Crippen LogP contribution is -1.91.